The number of carbonyl (C=O) groups excluding carboxylic acids is 1. The highest BCUT2D eigenvalue weighted by atomic mass is 16.5. The van der Waals surface area contributed by atoms with Crippen molar-refractivity contribution in [1.82, 2.24) is 0 Å². The molecule has 0 spiro atoms. The lowest BCUT2D eigenvalue weighted by atomic mass is 10.2. The van der Waals surface area contributed by atoms with Gasteiger partial charge in [-0.25, -0.2) is 0 Å². The van der Waals surface area contributed by atoms with Gasteiger partial charge >= 0.3 is 0 Å². The second-order valence-corrected chi connectivity index (χ2v) is 4.37. The summed E-state index contributed by atoms with van der Waals surface area (Å²) >= 11 is 0. The molecular formula is C16H18N2O3. The Bertz CT molecular complexity index is 614. The maximum Gasteiger partial charge on any atom is 0.248 e. The van der Waals surface area contributed by atoms with Crippen LogP contribution in [0, 0.1) is 0 Å². The summed E-state index contributed by atoms with van der Waals surface area (Å²) in [6, 6.07) is 14.5. The first kappa shape index (κ1) is 14.7. The Labute approximate surface area is 123 Å². The SMILES string of the molecule is COc1ccccc1OCCNc1cccc(C(N)=O)c1. The predicted molar refractivity (Wildman–Crippen MR) is 81.9 cm³/mol. The molecule has 0 heterocycles. The molecule has 2 aromatic rings. The molecule has 2 rings (SSSR count). The molecule has 0 saturated heterocycles. The minimum absolute atomic E-state index is 0.441. The summed E-state index contributed by atoms with van der Waals surface area (Å²) in [7, 11) is 1.61. The molecule has 0 aromatic heterocycles. The smallest absolute Gasteiger partial charge is 0.248 e. The first-order valence-corrected chi connectivity index (χ1v) is 6.60. The van der Waals surface area contributed by atoms with Crippen LogP contribution in [-0.2, 0) is 0 Å². The van der Waals surface area contributed by atoms with E-state index in [1.54, 1.807) is 25.3 Å². The number of benzene rings is 2. The van der Waals surface area contributed by atoms with Gasteiger partial charge in [-0.05, 0) is 30.3 Å². The molecule has 0 aliphatic rings. The Hall–Kier alpha value is -2.69. The number of carbonyl (C=O) groups is 1. The molecule has 1 amide bonds. The van der Waals surface area contributed by atoms with Crippen LogP contribution >= 0.6 is 0 Å². The van der Waals surface area contributed by atoms with E-state index >= 15 is 0 Å². The molecule has 0 aliphatic heterocycles. The zero-order valence-electron chi connectivity index (χ0n) is 11.8. The van der Waals surface area contributed by atoms with Crippen LogP contribution in [0.1, 0.15) is 10.4 Å². The number of primary amides is 1. The molecule has 3 N–H and O–H groups in total. The number of nitrogens with two attached hydrogens (primary N) is 1. The molecule has 5 heteroatoms. The number of ether oxygens (including phenoxy) is 2. The third-order valence-electron chi connectivity index (χ3n) is 2.90. The Kier molecular flexibility index (Phi) is 5.04. The predicted octanol–water partition coefficient (Wildman–Crippen LogP) is 2.29. The number of hydrogen-bond acceptors (Lipinski definition) is 4. The van der Waals surface area contributed by atoms with E-state index in [-0.39, 0.29) is 0 Å². The summed E-state index contributed by atoms with van der Waals surface area (Å²) in [5.41, 5.74) is 6.55. The summed E-state index contributed by atoms with van der Waals surface area (Å²) in [5.74, 6) is 0.963. The Balaban J connectivity index is 1.85. The van der Waals surface area contributed by atoms with Crippen molar-refractivity contribution >= 4 is 11.6 Å². The number of para-hydroxylation sites is 2. The van der Waals surface area contributed by atoms with Crippen molar-refractivity contribution in [1.29, 1.82) is 0 Å². The van der Waals surface area contributed by atoms with Crippen molar-refractivity contribution in [3.8, 4) is 11.5 Å². The number of nitrogens with one attached hydrogen (secondary N) is 1. The van der Waals surface area contributed by atoms with Gasteiger partial charge in [0.1, 0.15) is 6.61 Å². The average Bonchev–Trinajstić information content (AvgIpc) is 2.52. The fraction of sp³-hybridized carbons (Fsp3) is 0.188. The monoisotopic (exact) mass is 286 g/mol. The van der Waals surface area contributed by atoms with Gasteiger partial charge in [-0.2, -0.15) is 0 Å². The number of methoxy groups -OCH3 is 1. The number of hydrogen-bond donors (Lipinski definition) is 2. The molecule has 0 atom stereocenters. The van der Waals surface area contributed by atoms with Crippen LogP contribution in [0.4, 0.5) is 5.69 Å². The summed E-state index contributed by atoms with van der Waals surface area (Å²) in [6.07, 6.45) is 0. The molecule has 0 radical (unpaired) electrons. The van der Waals surface area contributed by atoms with Gasteiger partial charge in [0.25, 0.3) is 0 Å². The van der Waals surface area contributed by atoms with Crippen LogP contribution in [0.3, 0.4) is 0 Å². The van der Waals surface area contributed by atoms with Crippen LogP contribution in [0.2, 0.25) is 0 Å². The van der Waals surface area contributed by atoms with Crippen LogP contribution in [-0.4, -0.2) is 26.2 Å². The third kappa shape index (κ3) is 4.14. The molecule has 0 aliphatic carbocycles. The van der Waals surface area contributed by atoms with Gasteiger partial charge in [-0.15, -0.1) is 0 Å². The van der Waals surface area contributed by atoms with Gasteiger partial charge in [-0.3, -0.25) is 4.79 Å². The largest absolute Gasteiger partial charge is 0.493 e. The van der Waals surface area contributed by atoms with Crippen LogP contribution < -0.4 is 20.5 Å². The minimum atomic E-state index is -0.441. The Morgan fingerprint density at radius 3 is 2.62 bits per heavy atom. The van der Waals surface area contributed by atoms with E-state index < -0.39 is 5.91 Å². The molecule has 0 bridgehead atoms. The zero-order valence-corrected chi connectivity index (χ0v) is 11.8. The lowest BCUT2D eigenvalue weighted by Crippen LogP contribution is -2.14. The molecule has 5 nitrogen and oxygen atoms in total. The molecule has 0 saturated carbocycles. The van der Waals surface area contributed by atoms with Crippen molar-refractivity contribution in [2.45, 2.75) is 0 Å². The fourth-order valence-electron chi connectivity index (χ4n) is 1.88. The molecule has 21 heavy (non-hydrogen) atoms. The summed E-state index contributed by atoms with van der Waals surface area (Å²) in [5, 5.41) is 3.17. The number of rotatable bonds is 7. The Morgan fingerprint density at radius 1 is 1.14 bits per heavy atom. The number of anilines is 1. The fourth-order valence-corrected chi connectivity index (χ4v) is 1.88. The standard InChI is InChI=1S/C16H18N2O3/c1-20-14-7-2-3-8-15(14)21-10-9-18-13-6-4-5-12(11-13)16(17)19/h2-8,11,18H,9-10H2,1H3,(H2,17,19). The highest BCUT2D eigenvalue weighted by Crippen LogP contribution is 2.25. The van der Waals surface area contributed by atoms with Gasteiger partial charge in [0.05, 0.1) is 7.11 Å². The van der Waals surface area contributed by atoms with Crippen molar-refractivity contribution < 1.29 is 14.3 Å². The van der Waals surface area contributed by atoms with Gasteiger partial charge < -0.3 is 20.5 Å². The average molecular weight is 286 g/mol. The summed E-state index contributed by atoms with van der Waals surface area (Å²) < 4.78 is 10.9. The topological polar surface area (TPSA) is 73.6 Å². The van der Waals surface area contributed by atoms with E-state index in [0.717, 1.165) is 5.69 Å². The van der Waals surface area contributed by atoms with Gasteiger partial charge in [0.15, 0.2) is 11.5 Å². The molecule has 0 unspecified atom stereocenters. The van der Waals surface area contributed by atoms with E-state index in [9.17, 15) is 4.79 Å². The first-order valence-electron chi connectivity index (χ1n) is 6.60. The van der Waals surface area contributed by atoms with E-state index in [4.69, 9.17) is 15.2 Å². The first-order chi connectivity index (χ1) is 10.2. The maximum absolute atomic E-state index is 11.1. The van der Waals surface area contributed by atoms with Gasteiger partial charge in [0.2, 0.25) is 5.91 Å². The second-order valence-electron chi connectivity index (χ2n) is 4.37. The third-order valence-corrected chi connectivity index (χ3v) is 2.90. The van der Waals surface area contributed by atoms with E-state index in [0.29, 0.717) is 30.2 Å². The maximum atomic E-state index is 11.1. The normalized spacial score (nSPS) is 9.95. The van der Waals surface area contributed by atoms with Gasteiger partial charge in [-0.1, -0.05) is 18.2 Å². The van der Waals surface area contributed by atoms with Crippen LogP contribution in [0.15, 0.2) is 48.5 Å². The quantitative estimate of drug-likeness (QED) is 0.766. The number of amides is 1. The van der Waals surface area contributed by atoms with Crippen LogP contribution in [0.25, 0.3) is 0 Å². The second kappa shape index (κ2) is 7.19. The summed E-state index contributed by atoms with van der Waals surface area (Å²) in [4.78, 5) is 11.1. The summed E-state index contributed by atoms with van der Waals surface area (Å²) in [6.45, 7) is 1.07. The van der Waals surface area contributed by atoms with Crippen molar-refractivity contribution in [3.05, 3.63) is 54.1 Å². The van der Waals surface area contributed by atoms with Gasteiger partial charge in [0, 0.05) is 17.8 Å². The van der Waals surface area contributed by atoms with E-state index in [1.807, 2.05) is 30.3 Å². The lowest BCUT2D eigenvalue weighted by molar-refractivity contribution is 0.100. The van der Waals surface area contributed by atoms with Crippen molar-refractivity contribution in [2.24, 2.45) is 5.73 Å². The molecular weight excluding hydrogens is 268 g/mol. The highest BCUT2D eigenvalue weighted by molar-refractivity contribution is 5.93. The lowest BCUT2D eigenvalue weighted by Gasteiger charge is -2.11. The van der Waals surface area contributed by atoms with E-state index in [1.165, 1.54) is 0 Å². The zero-order chi connectivity index (χ0) is 15.1. The molecule has 2 aromatic carbocycles. The van der Waals surface area contributed by atoms with Crippen LogP contribution in [0.5, 0.6) is 11.5 Å². The minimum Gasteiger partial charge on any atom is -0.493 e. The van der Waals surface area contributed by atoms with Crippen molar-refractivity contribution in [2.75, 3.05) is 25.6 Å². The Morgan fingerprint density at radius 2 is 1.90 bits per heavy atom. The van der Waals surface area contributed by atoms with Crippen molar-refractivity contribution in [3.63, 3.8) is 0 Å². The van der Waals surface area contributed by atoms with E-state index in [2.05, 4.69) is 5.32 Å². The molecule has 0 fully saturated rings. The highest BCUT2D eigenvalue weighted by Gasteiger charge is 2.03. The molecule has 110 valence electrons.